The summed E-state index contributed by atoms with van der Waals surface area (Å²) in [6.07, 6.45) is -4.68. The summed E-state index contributed by atoms with van der Waals surface area (Å²) in [6, 6.07) is -0.245. The van der Waals surface area contributed by atoms with E-state index in [1.807, 2.05) is 60.5 Å². The molecule has 4 heterocycles. The normalized spacial score (nSPS) is 47.8. The lowest BCUT2D eigenvalue weighted by Crippen LogP contribution is -2.60. The first-order valence-electron chi connectivity index (χ1n) is 18.6. The molecule has 13 nitrogen and oxygen atoms in total. The molecule has 0 aromatic heterocycles. The number of methoxy groups -OCH3 is 1. The SMILES string of the molecule is CCC[C@@]1(C)OC2(O[C@@](C)([C@H](O[C@@H]3O[C@H](C)C[C@H](N(C)C)[C@H]3O)[C@@H](C)[C@H](O[C@H]3C[C@@](C)(OC)[C@@H](O)[C@H](C)O3)[C@@H](C)C(=O)O)C[C@H]2C)[C@H](C)[C@H]1O. The molecule has 0 saturated carbocycles. The molecule has 4 aliphatic heterocycles. The molecule has 4 fully saturated rings. The summed E-state index contributed by atoms with van der Waals surface area (Å²) in [5.74, 6) is -4.44. The van der Waals surface area contributed by atoms with E-state index in [1.54, 1.807) is 20.8 Å². The van der Waals surface area contributed by atoms with Crippen LogP contribution >= 0.6 is 0 Å². The van der Waals surface area contributed by atoms with Crippen molar-refractivity contribution < 1.29 is 58.4 Å². The van der Waals surface area contributed by atoms with Crippen molar-refractivity contribution in [2.45, 2.75) is 185 Å². The van der Waals surface area contributed by atoms with Crippen molar-refractivity contribution in [3.05, 3.63) is 0 Å². The second-order valence-electron chi connectivity index (χ2n) is 16.8. The molecule has 0 amide bonds. The van der Waals surface area contributed by atoms with Crippen molar-refractivity contribution in [2.75, 3.05) is 21.2 Å². The lowest BCUT2D eigenvalue weighted by Gasteiger charge is -2.49. The molecular weight excluding hydrogens is 650 g/mol. The molecule has 292 valence electrons. The highest BCUT2D eigenvalue weighted by Crippen LogP contribution is 2.58. The molecule has 1 spiro atoms. The molecule has 4 rings (SSSR count). The zero-order valence-electron chi connectivity index (χ0n) is 32.6. The van der Waals surface area contributed by atoms with E-state index in [0.29, 0.717) is 19.3 Å². The van der Waals surface area contributed by atoms with E-state index in [4.69, 9.17) is 33.2 Å². The molecule has 4 aliphatic rings. The maximum Gasteiger partial charge on any atom is 0.308 e. The smallest absolute Gasteiger partial charge is 0.308 e. The van der Waals surface area contributed by atoms with Crippen molar-refractivity contribution in [3.8, 4) is 0 Å². The number of carboxylic acid groups (broad SMARTS) is 1. The maximum atomic E-state index is 12.7. The monoisotopic (exact) mass is 717 g/mol. The number of rotatable bonds is 13. The predicted molar refractivity (Wildman–Crippen MR) is 184 cm³/mol. The van der Waals surface area contributed by atoms with Gasteiger partial charge in [0.25, 0.3) is 0 Å². The van der Waals surface area contributed by atoms with Gasteiger partial charge in [0.15, 0.2) is 18.4 Å². The summed E-state index contributed by atoms with van der Waals surface area (Å²) in [7, 11) is 5.33. The van der Waals surface area contributed by atoms with Gasteiger partial charge in [-0.15, -0.1) is 0 Å². The van der Waals surface area contributed by atoms with Crippen LogP contribution in [-0.2, 0) is 38.0 Å². The summed E-state index contributed by atoms with van der Waals surface area (Å²) in [5.41, 5.74) is -2.90. The largest absolute Gasteiger partial charge is 0.481 e. The number of carbonyl (C=O) groups is 1. The summed E-state index contributed by atoms with van der Waals surface area (Å²) in [4.78, 5) is 14.7. The Hall–Kier alpha value is -0.970. The molecule has 50 heavy (non-hydrogen) atoms. The Morgan fingerprint density at radius 3 is 2.16 bits per heavy atom. The zero-order valence-corrected chi connectivity index (χ0v) is 32.6. The Morgan fingerprint density at radius 1 is 0.960 bits per heavy atom. The third kappa shape index (κ3) is 7.66. The van der Waals surface area contributed by atoms with Crippen LogP contribution in [0.3, 0.4) is 0 Å². The van der Waals surface area contributed by atoms with Crippen molar-refractivity contribution >= 4 is 5.97 Å². The van der Waals surface area contributed by atoms with E-state index >= 15 is 0 Å². The van der Waals surface area contributed by atoms with Gasteiger partial charge in [-0.1, -0.05) is 34.1 Å². The minimum absolute atomic E-state index is 0.162. The van der Waals surface area contributed by atoms with Crippen LogP contribution in [0.1, 0.15) is 101 Å². The summed E-state index contributed by atoms with van der Waals surface area (Å²) in [5, 5.41) is 44.3. The average Bonchev–Trinajstić information content (AvgIpc) is 3.40. The molecular formula is C37H67NO12. The van der Waals surface area contributed by atoms with Gasteiger partial charge in [-0.05, 0) is 74.9 Å². The zero-order chi connectivity index (χ0) is 37.7. The van der Waals surface area contributed by atoms with Crippen molar-refractivity contribution in [1.82, 2.24) is 4.90 Å². The van der Waals surface area contributed by atoms with Gasteiger partial charge in [0, 0.05) is 37.3 Å². The van der Waals surface area contributed by atoms with E-state index < -0.39 is 89.6 Å². The number of carboxylic acids is 1. The van der Waals surface area contributed by atoms with Crippen LogP contribution in [0.2, 0.25) is 0 Å². The predicted octanol–water partition coefficient (Wildman–Crippen LogP) is 3.54. The van der Waals surface area contributed by atoms with Crippen LogP contribution in [0.4, 0.5) is 0 Å². The van der Waals surface area contributed by atoms with E-state index in [0.717, 1.165) is 6.42 Å². The van der Waals surface area contributed by atoms with Crippen LogP contribution in [0, 0.1) is 23.7 Å². The molecule has 0 radical (unpaired) electrons. The third-order valence-corrected chi connectivity index (χ3v) is 12.5. The van der Waals surface area contributed by atoms with E-state index in [-0.39, 0.29) is 30.4 Å². The topological polar surface area (TPSA) is 166 Å². The van der Waals surface area contributed by atoms with E-state index in [1.165, 1.54) is 7.11 Å². The number of aliphatic hydroxyl groups excluding tert-OH is 3. The van der Waals surface area contributed by atoms with Gasteiger partial charge in [0.05, 0.1) is 53.2 Å². The number of likely N-dealkylation sites (N-methyl/N-ethyl adjacent to an activating group) is 1. The molecule has 18 atom stereocenters. The first kappa shape index (κ1) is 41.8. The fraction of sp³-hybridized carbons (Fsp3) is 0.973. The molecule has 4 saturated heterocycles. The maximum absolute atomic E-state index is 12.7. The van der Waals surface area contributed by atoms with Crippen LogP contribution in [0.25, 0.3) is 0 Å². The van der Waals surface area contributed by atoms with Gasteiger partial charge in [-0.3, -0.25) is 4.79 Å². The molecule has 0 bridgehead atoms. The van der Waals surface area contributed by atoms with Crippen LogP contribution < -0.4 is 0 Å². The number of ether oxygens (including phenoxy) is 7. The molecule has 0 aliphatic carbocycles. The Bertz CT molecular complexity index is 1160. The molecule has 4 N–H and O–H groups in total. The van der Waals surface area contributed by atoms with Gasteiger partial charge in [0.2, 0.25) is 0 Å². The van der Waals surface area contributed by atoms with Crippen LogP contribution in [-0.4, -0.2) is 136 Å². The third-order valence-electron chi connectivity index (χ3n) is 12.5. The van der Waals surface area contributed by atoms with Gasteiger partial charge in [0.1, 0.15) is 12.2 Å². The number of hydrogen-bond donors (Lipinski definition) is 4. The van der Waals surface area contributed by atoms with E-state index in [9.17, 15) is 25.2 Å². The van der Waals surface area contributed by atoms with Crippen molar-refractivity contribution in [3.63, 3.8) is 0 Å². The Labute approximate surface area is 299 Å². The number of aliphatic carboxylic acids is 1. The van der Waals surface area contributed by atoms with E-state index in [2.05, 4.69) is 6.92 Å². The Morgan fingerprint density at radius 2 is 1.60 bits per heavy atom. The van der Waals surface area contributed by atoms with Gasteiger partial charge >= 0.3 is 5.97 Å². The lowest BCUT2D eigenvalue weighted by atomic mass is 9.77. The quantitative estimate of drug-likeness (QED) is 0.219. The Balaban J connectivity index is 1.77. The van der Waals surface area contributed by atoms with Crippen LogP contribution in [0.15, 0.2) is 0 Å². The highest BCUT2D eigenvalue weighted by atomic mass is 16.8. The second-order valence-corrected chi connectivity index (χ2v) is 16.8. The number of nitrogens with zero attached hydrogens (tertiary/aromatic N) is 1. The molecule has 1 unspecified atom stereocenters. The van der Waals surface area contributed by atoms with Gasteiger partial charge in [-0.25, -0.2) is 0 Å². The Kier molecular flexibility index (Phi) is 12.9. The second kappa shape index (κ2) is 15.4. The highest BCUT2D eigenvalue weighted by molar-refractivity contribution is 5.70. The fourth-order valence-electron chi connectivity index (χ4n) is 9.46. The van der Waals surface area contributed by atoms with Crippen molar-refractivity contribution in [1.29, 1.82) is 0 Å². The number of aliphatic hydroxyl groups is 3. The summed E-state index contributed by atoms with van der Waals surface area (Å²) in [6.45, 7) is 18.8. The standard InChI is InChI=1S/C37H67NO12/c1-14-15-34(8)29(40)23(6)37(49-34)19(2)17-36(10,50-37)31(48-33-27(39)25(38(11)12)16-20(3)45-33)21(4)28(22(5)32(42)43)47-26-18-35(9,44-13)30(41)24(7)46-26/h19-31,33,39-41H,14-18H2,1-13H3,(H,42,43)/t19-,20-,21+,22-,23-,24+,25+,26+,27-,28+,29-,30+,31-,33+,34-,35-,36-,37?/m1/s1. The highest BCUT2D eigenvalue weighted by Gasteiger charge is 2.68. The number of hydrogen-bond acceptors (Lipinski definition) is 12. The first-order valence-corrected chi connectivity index (χ1v) is 18.6. The van der Waals surface area contributed by atoms with Gasteiger partial charge in [-0.2, -0.15) is 0 Å². The van der Waals surface area contributed by atoms with Crippen LogP contribution in [0.5, 0.6) is 0 Å². The van der Waals surface area contributed by atoms with Crippen molar-refractivity contribution in [2.24, 2.45) is 23.7 Å². The fourth-order valence-corrected chi connectivity index (χ4v) is 9.46. The summed E-state index contributed by atoms with van der Waals surface area (Å²) < 4.78 is 45.5. The molecule has 0 aromatic carbocycles. The molecule has 13 heteroatoms. The minimum Gasteiger partial charge on any atom is -0.481 e. The minimum atomic E-state index is -1.14. The summed E-state index contributed by atoms with van der Waals surface area (Å²) >= 11 is 0. The average molecular weight is 718 g/mol. The van der Waals surface area contributed by atoms with Gasteiger partial charge < -0.3 is 58.5 Å². The lowest BCUT2D eigenvalue weighted by molar-refractivity contribution is -0.339. The molecule has 0 aromatic rings. The first-order chi connectivity index (χ1) is 23.1.